The van der Waals surface area contributed by atoms with Crippen molar-refractivity contribution in [3.63, 3.8) is 0 Å². The molecule has 2 aromatic heterocycles. The summed E-state index contributed by atoms with van der Waals surface area (Å²) in [5.74, 6) is 0.485. The van der Waals surface area contributed by atoms with E-state index in [1.54, 1.807) is 37.4 Å². The molecule has 174 valence electrons. The second-order valence-electron chi connectivity index (χ2n) is 8.21. The van der Waals surface area contributed by atoms with E-state index in [0.717, 1.165) is 32.2 Å². The van der Waals surface area contributed by atoms with Crippen LogP contribution in [0.5, 0.6) is 0 Å². The highest BCUT2D eigenvalue weighted by atomic mass is 79.9. The Morgan fingerprint density at radius 2 is 1.86 bits per heavy atom. The van der Waals surface area contributed by atoms with Gasteiger partial charge in [0, 0.05) is 45.3 Å². The van der Waals surface area contributed by atoms with E-state index in [0.29, 0.717) is 23.3 Å². The van der Waals surface area contributed by atoms with Gasteiger partial charge < -0.3 is 4.57 Å². The number of benzene rings is 3. The molecule has 0 amide bonds. The first-order chi connectivity index (χ1) is 16.8. The lowest BCUT2D eigenvalue weighted by atomic mass is 10.1. The Labute approximate surface area is 208 Å². The molecular formula is C26H20BrN5O3. The van der Waals surface area contributed by atoms with E-state index >= 15 is 0 Å². The van der Waals surface area contributed by atoms with Gasteiger partial charge in [0.25, 0.3) is 11.2 Å². The van der Waals surface area contributed by atoms with Crippen molar-refractivity contribution in [3.05, 3.63) is 114 Å². The van der Waals surface area contributed by atoms with Gasteiger partial charge in [0.15, 0.2) is 0 Å². The number of rotatable bonds is 5. The topological polar surface area (TPSA) is 95.3 Å². The van der Waals surface area contributed by atoms with Gasteiger partial charge in [-0.1, -0.05) is 46.3 Å². The van der Waals surface area contributed by atoms with Gasteiger partial charge in [-0.05, 0) is 43.7 Å². The summed E-state index contributed by atoms with van der Waals surface area (Å²) in [6.07, 6.45) is 1.68. The smallest absolute Gasteiger partial charge is 0.282 e. The van der Waals surface area contributed by atoms with Crippen molar-refractivity contribution in [2.45, 2.75) is 20.4 Å². The lowest BCUT2D eigenvalue weighted by Crippen LogP contribution is -2.20. The average Bonchev–Trinajstić information content (AvgIpc) is 3.10. The summed E-state index contributed by atoms with van der Waals surface area (Å²) in [6, 6.07) is 19.9. The van der Waals surface area contributed by atoms with Crippen molar-refractivity contribution < 1.29 is 4.92 Å². The quantitative estimate of drug-likeness (QED) is 0.169. The summed E-state index contributed by atoms with van der Waals surface area (Å²) in [4.78, 5) is 28.5. The molecule has 0 spiro atoms. The standard InChI is InChI=1S/C26H20BrN5O3/c1-16-23(14-28-31-17(2)29-24-11-10-19(27)13-22(24)26(31)33)21-8-3-4-9-25(21)30(16)15-18-6-5-7-20(12-18)32(34)35/h3-14H,15H2,1-2H3. The van der Waals surface area contributed by atoms with Crippen molar-refractivity contribution in [1.82, 2.24) is 14.2 Å². The Kier molecular flexibility index (Phi) is 5.78. The monoisotopic (exact) mass is 529 g/mol. The van der Waals surface area contributed by atoms with Crippen LogP contribution in [0.4, 0.5) is 5.69 Å². The van der Waals surface area contributed by atoms with Gasteiger partial charge in [-0.3, -0.25) is 14.9 Å². The molecule has 5 rings (SSSR count). The van der Waals surface area contributed by atoms with Crippen LogP contribution in [0.15, 0.2) is 81.1 Å². The van der Waals surface area contributed by atoms with Crippen LogP contribution in [-0.2, 0) is 6.54 Å². The van der Waals surface area contributed by atoms with Crippen molar-refractivity contribution >= 4 is 49.6 Å². The summed E-state index contributed by atoms with van der Waals surface area (Å²) in [6.45, 7) is 4.19. The molecule has 0 saturated heterocycles. The largest absolute Gasteiger partial charge is 0.340 e. The summed E-state index contributed by atoms with van der Waals surface area (Å²) in [5, 5.41) is 17.2. The molecule has 0 N–H and O–H groups in total. The van der Waals surface area contributed by atoms with Gasteiger partial charge in [0.1, 0.15) is 5.82 Å². The third-order valence-electron chi connectivity index (χ3n) is 6.01. The number of nitro benzene ring substituents is 1. The van der Waals surface area contributed by atoms with Crippen LogP contribution in [0.3, 0.4) is 0 Å². The Morgan fingerprint density at radius 1 is 1.06 bits per heavy atom. The maximum atomic E-state index is 13.1. The fourth-order valence-corrected chi connectivity index (χ4v) is 4.65. The third kappa shape index (κ3) is 4.15. The van der Waals surface area contributed by atoms with E-state index < -0.39 is 4.92 Å². The number of halogens is 1. The molecule has 35 heavy (non-hydrogen) atoms. The fourth-order valence-electron chi connectivity index (χ4n) is 4.29. The predicted molar refractivity (Wildman–Crippen MR) is 140 cm³/mol. The van der Waals surface area contributed by atoms with Gasteiger partial charge in [-0.25, -0.2) is 4.98 Å². The van der Waals surface area contributed by atoms with Crippen molar-refractivity contribution in [1.29, 1.82) is 0 Å². The second kappa shape index (κ2) is 8.92. The minimum Gasteiger partial charge on any atom is -0.340 e. The highest BCUT2D eigenvalue weighted by molar-refractivity contribution is 9.10. The molecule has 0 aliphatic heterocycles. The minimum absolute atomic E-state index is 0.0590. The number of hydrogen-bond donors (Lipinski definition) is 0. The fraction of sp³-hybridized carbons (Fsp3) is 0.115. The minimum atomic E-state index is -0.390. The molecule has 5 aromatic rings. The lowest BCUT2D eigenvalue weighted by Gasteiger charge is -2.09. The van der Waals surface area contributed by atoms with Gasteiger partial charge in [0.2, 0.25) is 0 Å². The summed E-state index contributed by atoms with van der Waals surface area (Å²) in [7, 11) is 0. The molecule has 0 unspecified atom stereocenters. The second-order valence-corrected chi connectivity index (χ2v) is 9.13. The van der Waals surface area contributed by atoms with Crippen LogP contribution in [0.1, 0.15) is 22.6 Å². The lowest BCUT2D eigenvalue weighted by molar-refractivity contribution is -0.384. The molecule has 0 atom stereocenters. The zero-order valence-electron chi connectivity index (χ0n) is 19.0. The molecule has 0 aliphatic rings. The molecule has 2 heterocycles. The van der Waals surface area contributed by atoms with Gasteiger partial charge >= 0.3 is 0 Å². The van der Waals surface area contributed by atoms with E-state index in [2.05, 4.69) is 30.6 Å². The van der Waals surface area contributed by atoms with Gasteiger partial charge in [-0.2, -0.15) is 9.78 Å². The summed E-state index contributed by atoms with van der Waals surface area (Å²) >= 11 is 3.41. The van der Waals surface area contributed by atoms with Gasteiger partial charge in [-0.15, -0.1) is 0 Å². The molecule has 0 radical (unpaired) electrons. The summed E-state index contributed by atoms with van der Waals surface area (Å²) < 4.78 is 4.20. The first-order valence-electron chi connectivity index (χ1n) is 10.9. The third-order valence-corrected chi connectivity index (χ3v) is 6.51. The average molecular weight is 530 g/mol. The number of non-ortho nitro benzene ring substituents is 1. The number of fused-ring (bicyclic) bond motifs is 2. The maximum Gasteiger partial charge on any atom is 0.282 e. The number of nitrogens with zero attached hydrogens (tertiary/aromatic N) is 5. The van der Waals surface area contributed by atoms with Crippen LogP contribution in [0.25, 0.3) is 21.8 Å². The number of para-hydroxylation sites is 1. The molecular weight excluding hydrogens is 510 g/mol. The first kappa shape index (κ1) is 22.7. The molecule has 0 fully saturated rings. The highest BCUT2D eigenvalue weighted by Gasteiger charge is 2.15. The highest BCUT2D eigenvalue weighted by Crippen LogP contribution is 2.26. The van der Waals surface area contributed by atoms with E-state index in [1.807, 2.05) is 43.3 Å². The number of aromatic nitrogens is 3. The molecule has 3 aromatic carbocycles. The maximum absolute atomic E-state index is 13.1. The SMILES string of the molecule is Cc1nc2ccc(Br)cc2c(=O)n1N=Cc1c(C)n(Cc2cccc([N+](=O)[O-])c2)c2ccccc12. The molecule has 0 saturated carbocycles. The summed E-state index contributed by atoms with van der Waals surface area (Å²) in [5.41, 5.74) is 4.03. The van der Waals surface area contributed by atoms with Crippen LogP contribution >= 0.6 is 15.9 Å². The molecule has 0 bridgehead atoms. The van der Waals surface area contributed by atoms with Crippen LogP contribution < -0.4 is 5.56 Å². The van der Waals surface area contributed by atoms with Crippen molar-refractivity contribution in [2.24, 2.45) is 5.10 Å². The zero-order valence-corrected chi connectivity index (χ0v) is 20.6. The number of nitro groups is 1. The van der Waals surface area contributed by atoms with E-state index in [-0.39, 0.29) is 11.2 Å². The zero-order chi connectivity index (χ0) is 24.7. The molecule has 0 aliphatic carbocycles. The molecule has 8 nitrogen and oxygen atoms in total. The normalized spacial score (nSPS) is 11.6. The van der Waals surface area contributed by atoms with Gasteiger partial charge in [0.05, 0.1) is 22.0 Å². The Morgan fingerprint density at radius 3 is 2.66 bits per heavy atom. The number of hydrogen-bond acceptors (Lipinski definition) is 5. The Hall–Kier alpha value is -4.11. The number of aryl methyl sites for hydroxylation is 1. The molecule has 9 heteroatoms. The van der Waals surface area contributed by atoms with Crippen molar-refractivity contribution in [2.75, 3.05) is 0 Å². The Bertz CT molecular complexity index is 1720. The van der Waals surface area contributed by atoms with E-state index in [1.165, 1.54) is 10.7 Å². The van der Waals surface area contributed by atoms with Crippen molar-refractivity contribution in [3.8, 4) is 0 Å². The van der Waals surface area contributed by atoms with E-state index in [9.17, 15) is 14.9 Å². The van der Waals surface area contributed by atoms with Crippen LogP contribution in [0, 0.1) is 24.0 Å². The van der Waals surface area contributed by atoms with E-state index in [4.69, 9.17) is 0 Å². The first-order valence-corrected chi connectivity index (χ1v) is 11.7. The Balaban J connectivity index is 1.61. The van der Waals surface area contributed by atoms with Crippen LogP contribution in [0.2, 0.25) is 0 Å². The predicted octanol–water partition coefficient (Wildman–Crippen LogP) is 5.57. The van der Waals surface area contributed by atoms with Crippen LogP contribution in [-0.4, -0.2) is 25.4 Å².